The van der Waals surface area contributed by atoms with E-state index in [0.29, 0.717) is 16.6 Å². The van der Waals surface area contributed by atoms with E-state index in [2.05, 4.69) is 10.6 Å². The second-order valence-electron chi connectivity index (χ2n) is 4.10. The molecule has 4 nitrogen and oxygen atoms in total. The summed E-state index contributed by atoms with van der Waals surface area (Å²) in [6, 6.07) is 11.1. The number of amides is 2. The first-order valence-corrected chi connectivity index (χ1v) is 6.58. The summed E-state index contributed by atoms with van der Waals surface area (Å²) in [6.45, 7) is 0.352. The number of urea groups is 1. The molecule has 3 N–H and O–H groups in total. The van der Waals surface area contributed by atoms with Gasteiger partial charge in [0.25, 0.3) is 0 Å². The Kier molecular flexibility index (Phi) is 4.71. The predicted octanol–water partition coefficient (Wildman–Crippen LogP) is 4.02. The number of phenolic OH excluding ortho intramolecular Hbond substituents is 1. The molecule has 0 atom stereocenters. The molecule has 6 heteroatoms. The monoisotopic (exact) mass is 310 g/mol. The van der Waals surface area contributed by atoms with Gasteiger partial charge in [0.05, 0.1) is 5.69 Å². The Morgan fingerprint density at radius 3 is 2.40 bits per heavy atom. The van der Waals surface area contributed by atoms with Crippen molar-refractivity contribution < 1.29 is 9.90 Å². The fraction of sp³-hybridized carbons (Fsp3) is 0.0714. The first kappa shape index (κ1) is 14.5. The quantitative estimate of drug-likeness (QED) is 0.750. The summed E-state index contributed by atoms with van der Waals surface area (Å²) in [4.78, 5) is 11.7. The number of hydrogen-bond donors (Lipinski definition) is 3. The molecule has 0 aliphatic heterocycles. The number of aromatic hydroxyl groups is 1. The number of carbonyl (C=O) groups is 1. The molecule has 2 aromatic rings. The largest absolute Gasteiger partial charge is 0.506 e. The van der Waals surface area contributed by atoms with Crippen molar-refractivity contribution in [2.75, 3.05) is 5.32 Å². The number of nitrogens with one attached hydrogen (secondary N) is 2. The number of rotatable bonds is 3. The van der Waals surface area contributed by atoms with Gasteiger partial charge >= 0.3 is 6.03 Å². The van der Waals surface area contributed by atoms with E-state index in [9.17, 15) is 9.90 Å². The number of carbonyl (C=O) groups excluding carboxylic acids is 1. The zero-order valence-corrected chi connectivity index (χ0v) is 11.9. The highest BCUT2D eigenvalue weighted by Crippen LogP contribution is 2.26. The highest BCUT2D eigenvalue weighted by Gasteiger charge is 2.06. The number of benzene rings is 2. The minimum absolute atomic E-state index is 0.0453. The highest BCUT2D eigenvalue weighted by atomic mass is 35.5. The minimum Gasteiger partial charge on any atom is -0.506 e. The van der Waals surface area contributed by atoms with Crippen molar-refractivity contribution in [3.63, 3.8) is 0 Å². The maximum absolute atomic E-state index is 11.7. The molecule has 0 radical (unpaired) electrons. The van der Waals surface area contributed by atoms with Gasteiger partial charge < -0.3 is 15.7 Å². The molecular weight excluding hydrogens is 299 g/mol. The van der Waals surface area contributed by atoms with Crippen molar-refractivity contribution in [1.29, 1.82) is 0 Å². The van der Waals surface area contributed by atoms with Gasteiger partial charge in [0, 0.05) is 16.6 Å². The molecule has 0 saturated carbocycles. The Morgan fingerprint density at radius 2 is 1.70 bits per heavy atom. The van der Waals surface area contributed by atoms with Gasteiger partial charge in [-0.1, -0.05) is 35.3 Å². The molecule has 2 amide bonds. The summed E-state index contributed by atoms with van der Waals surface area (Å²) in [5, 5.41) is 15.8. The van der Waals surface area contributed by atoms with Crippen LogP contribution in [0.25, 0.3) is 0 Å². The average molecular weight is 311 g/mol. The van der Waals surface area contributed by atoms with Crippen LogP contribution >= 0.6 is 23.2 Å². The molecule has 0 aromatic heterocycles. The van der Waals surface area contributed by atoms with Crippen LogP contribution in [0.2, 0.25) is 10.0 Å². The van der Waals surface area contributed by atoms with Gasteiger partial charge in [-0.3, -0.25) is 0 Å². The first-order valence-electron chi connectivity index (χ1n) is 5.82. The van der Waals surface area contributed by atoms with E-state index in [-0.39, 0.29) is 11.4 Å². The SMILES string of the molecule is O=C(NCc1ccc(Cl)cc1)Nc1cc(Cl)ccc1O. The molecule has 0 saturated heterocycles. The Hall–Kier alpha value is -1.91. The Labute approximate surface area is 126 Å². The van der Waals surface area contributed by atoms with Gasteiger partial charge in [-0.05, 0) is 35.9 Å². The van der Waals surface area contributed by atoms with E-state index < -0.39 is 6.03 Å². The molecule has 2 rings (SSSR count). The third-order valence-corrected chi connectivity index (χ3v) is 3.06. The molecule has 20 heavy (non-hydrogen) atoms. The summed E-state index contributed by atoms with van der Waals surface area (Å²) in [6.07, 6.45) is 0. The van der Waals surface area contributed by atoms with Crippen LogP contribution in [0.1, 0.15) is 5.56 Å². The molecule has 0 fully saturated rings. The molecule has 0 spiro atoms. The van der Waals surface area contributed by atoms with Crippen LogP contribution in [0.15, 0.2) is 42.5 Å². The van der Waals surface area contributed by atoms with E-state index in [1.165, 1.54) is 18.2 Å². The average Bonchev–Trinajstić information content (AvgIpc) is 2.42. The van der Waals surface area contributed by atoms with Crippen molar-refractivity contribution in [3.8, 4) is 5.75 Å². The molecule has 2 aromatic carbocycles. The molecule has 104 valence electrons. The predicted molar refractivity (Wildman–Crippen MR) is 80.4 cm³/mol. The second-order valence-corrected chi connectivity index (χ2v) is 4.97. The first-order chi connectivity index (χ1) is 9.54. The summed E-state index contributed by atoms with van der Waals surface area (Å²) in [7, 11) is 0. The van der Waals surface area contributed by atoms with E-state index in [4.69, 9.17) is 23.2 Å². The number of hydrogen-bond acceptors (Lipinski definition) is 2. The topological polar surface area (TPSA) is 61.4 Å². The van der Waals surface area contributed by atoms with E-state index in [1.807, 2.05) is 12.1 Å². The van der Waals surface area contributed by atoms with E-state index >= 15 is 0 Å². The fourth-order valence-electron chi connectivity index (χ4n) is 1.56. The number of anilines is 1. The van der Waals surface area contributed by atoms with Crippen LogP contribution < -0.4 is 10.6 Å². The van der Waals surface area contributed by atoms with Gasteiger partial charge in [0.15, 0.2) is 0 Å². The van der Waals surface area contributed by atoms with Gasteiger partial charge in [0.2, 0.25) is 0 Å². The second kappa shape index (κ2) is 6.50. The third-order valence-electron chi connectivity index (χ3n) is 2.57. The van der Waals surface area contributed by atoms with Crippen LogP contribution in [0.3, 0.4) is 0 Å². The third kappa shape index (κ3) is 4.05. The van der Waals surface area contributed by atoms with Crippen molar-refractivity contribution in [2.24, 2.45) is 0 Å². The van der Waals surface area contributed by atoms with E-state index in [0.717, 1.165) is 5.56 Å². The summed E-state index contributed by atoms with van der Waals surface area (Å²) in [5.41, 5.74) is 1.17. The smallest absolute Gasteiger partial charge is 0.319 e. The van der Waals surface area contributed by atoms with E-state index in [1.54, 1.807) is 12.1 Å². The summed E-state index contributed by atoms with van der Waals surface area (Å²) < 4.78 is 0. The number of phenols is 1. The Balaban J connectivity index is 1.92. The summed E-state index contributed by atoms with van der Waals surface area (Å²) >= 11 is 11.6. The van der Waals surface area contributed by atoms with Crippen molar-refractivity contribution in [2.45, 2.75) is 6.54 Å². The van der Waals surface area contributed by atoms with Crippen LogP contribution in [0, 0.1) is 0 Å². The Morgan fingerprint density at radius 1 is 1.05 bits per heavy atom. The maximum Gasteiger partial charge on any atom is 0.319 e. The molecule has 0 unspecified atom stereocenters. The lowest BCUT2D eigenvalue weighted by Gasteiger charge is -2.09. The standard InChI is InChI=1S/C14H12Cl2N2O2/c15-10-3-1-9(2-4-10)8-17-14(20)18-12-7-11(16)5-6-13(12)19/h1-7,19H,8H2,(H2,17,18,20). The molecular formula is C14H12Cl2N2O2. The normalized spacial score (nSPS) is 10.1. The van der Waals surface area contributed by atoms with Gasteiger partial charge in [-0.15, -0.1) is 0 Å². The Bertz CT molecular complexity index is 615. The molecule has 0 aliphatic carbocycles. The zero-order chi connectivity index (χ0) is 14.5. The molecule has 0 heterocycles. The van der Waals surface area contributed by atoms with Crippen molar-refractivity contribution >= 4 is 34.9 Å². The van der Waals surface area contributed by atoms with Crippen LogP contribution in [-0.2, 0) is 6.54 Å². The lowest BCUT2D eigenvalue weighted by Crippen LogP contribution is -2.28. The van der Waals surface area contributed by atoms with Crippen molar-refractivity contribution in [1.82, 2.24) is 5.32 Å². The maximum atomic E-state index is 11.7. The lowest BCUT2D eigenvalue weighted by atomic mass is 10.2. The minimum atomic E-state index is -0.433. The number of halogens is 2. The van der Waals surface area contributed by atoms with Gasteiger partial charge in [-0.25, -0.2) is 4.79 Å². The fourth-order valence-corrected chi connectivity index (χ4v) is 1.86. The van der Waals surface area contributed by atoms with Gasteiger partial charge in [-0.2, -0.15) is 0 Å². The zero-order valence-electron chi connectivity index (χ0n) is 10.4. The van der Waals surface area contributed by atoms with Crippen molar-refractivity contribution in [3.05, 3.63) is 58.1 Å². The summed E-state index contributed by atoms with van der Waals surface area (Å²) in [5.74, 6) is -0.0453. The highest BCUT2D eigenvalue weighted by molar-refractivity contribution is 6.31. The van der Waals surface area contributed by atoms with Gasteiger partial charge in [0.1, 0.15) is 5.75 Å². The van der Waals surface area contributed by atoms with Crippen LogP contribution in [0.4, 0.5) is 10.5 Å². The van der Waals surface area contributed by atoms with Crippen LogP contribution in [0.5, 0.6) is 5.75 Å². The van der Waals surface area contributed by atoms with Crippen LogP contribution in [-0.4, -0.2) is 11.1 Å². The molecule has 0 aliphatic rings. The lowest BCUT2D eigenvalue weighted by molar-refractivity contribution is 0.251. The molecule has 0 bridgehead atoms.